The molecule has 18 heavy (non-hydrogen) atoms. The molecule has 94 valence electrons. The second-order valence-electron chi connectivity index (χ2n) is 4.97. The van der Waals surface area contributed by atoms with Gasteiger partial charge in [0.15, 0.2) is 0 Å². The van der Waals surface area contributed by atoms with Gasteiger partial charge >= 0.3 is 0 Å². The number of nitrogens with zero attached hydrogens (tertiary/aromatic N) is 3. The highest BCUT2D eigenvalue weighted by molar-refractivity contribution is 5.37. The zero-order valence-corrected chi connectivity index (χ0v) is 10.8. The van der Waals surface area contributed by atoms with Crippen LogP contribution in [0, 0.1) is 6.92 Å². The van der Waals surface area contributed by atoms with E-state index < -0.39 is 0 Å². The molecule has 4 heteroatoms. The topological polar surface area (TPSA) is 42.7 Å². The van der Waals surface area contributed by atoms with Crippen molar-refractivity contribution in [2.45, 2.75) is 32.4 Å². The first-order valence-electron chi connectivity index (χ1n) is 6.40. The van der Waals surface area contributed by atoms with Crippen LogP contribution in [0.1, 0.15) is 35.0 Å². The average molecular weight is 242 g/mol. The minimum atomic E-state index is 0.455. The number of aromatic nitrogens is 3. The fourth-order valence-corrected chi connectivity index (χ4v) is 2.63. The van der Waals surface area contributed by atoms with E-state index in [-0.39, 0.29) is 0 Å². The number of hydrogen-bond donors (Lipinski definition) is 1. The first-order chi connectivity index (χ1) is 8.74. The van der Waals surface area contributed by atoms with Crippen molar-refractivity contribution in [1.82, 2.24) is 20.1 Å². The van der Waals surface area contributed by atoms with Gasteiger partial charge in [-0.1, -0.05) is 23.8 Å². The molecule has 1 aliphatic carbocycles. The van der Waals surface area contributed by atoms with Crippen molar-refractivity contribution < 1.29 is 0 Å². The van der Waals surface area contributed by atoms with Crippen LogP contribution in [0.25, 0.3) is 0 Å². The Morgan fingerprint density at radius 1 is 1.44 bits per heavy atom. The van der Waals surface area contributed by atoms with Crippen molar-refractivity contribution >= 4 is 0 Å². The highest BCUT2D eigenvalue weighted by Crippen LogP contribution is 2.31. The molecule has 2 aromatic rings. The van der Waals surface area contributed by atoms with Crippen molar-refractivity contribution in [2.24, 2.45) is 7.05 Å². The fraction of sp³-hybridized carbons (Fsp3) is 0.429. The summed E-state index contributed by atoms with van der Waals surface area (Å²) in [6.45, 7) is 2.92. The lowest BCUT2D eigenvalue weighted by molar-refractivity contribution is 0.506. The number of fused-ring (bicyclic) bond motifs is 1. The van der Waals surface area contributed by atoms with E-state index in [0.717, 1.165) is 12.4 Å². The van der Waals surface area contributed by atoms with Gasteiger partial charge in [-0.2, -0.15) is 5.10 Å². The van der Waals surface area contributed by atoms with Crippen molar-refractivity contribution in [3.05, 3.63) is 47.0 Å². The van der Waals surface area contributed by atoms with E-state index in [1.54, 1.807) is 6.33 Å². The predicted octanol–water partition coefficient (Wildman–Crippen LogP) is 1.90. The normalized spacial score (nSPS) is 18.0. The van der Waals surface area contributed by atoms with E-state index in [2.05, 4.69) is 40.5 Å². The molecule has 0 fully saturated rings. The van der Waals surface area contributed by atoms with E-state index in [9.17, 15) is 0 Å². The lowest BCUT2D eigenvalue weighted by atomic mass is 10.1. The molecule has 0 bridgehead atoms. The molecule has 1 N–H and O–H groups in total. The van der Waals surface area contributed by atoms with Gasteiger partial charge in [-0.15, -0.1) is 0 Å². The van der Waals surface area contributed by atoms with Gasteiger partial charge in [0.1, 0.15) is 12.2 Å². The summed E-state index contributed by atoms with van der Waals surface area (Å²) in [5, 5.41) is 7.67. The lowest BCUT2D eigenvalue weighted by Gasteiger charge is -2.14. The zero-order valence-electron chi connectivity index (χ0n) is 10.8. The van der Waals surface area contributed by atoms with Crippen molar-refractivity contribution in [2.75, 3.05) is 0 Å². The van der Waals surface area contributed by atoms with Gasteiger partial charge in [-0.25, -0.2) is 4.98 Å². The summed E-state index contributed by atoms with van der Waals surface area (Å²) in [5.41, 5.74) is 4.27. The van der Waals surface area contributed by atoms with E-state index in [1.165, 1.54) is 29.5 Å². The lowest BCUT2D eigenvalue weighted by Crippen LogP contribution is -2.21. The summed E-state index contributed by atoms with van der Waals surface area (Å²) in [5.74, 6) is 0.983. The largest absolute Gasteiger partial charge is 0.303 e. The Balaban J connectivity index is 1.73. The molecule has 4 nitrogen and oxygen atoms in total. The van der Waals surface area contributed by atoms with Gasteiger partial charge < -0.3 is 5.32 Å². The van der Waals surface area contributed by atoms with Crippen molar-refractivity contribution in [3.63, 3.8) is 0 Å². The molecule has 0 radical (unpaired) electrons. The Kier molecular flexibility index (Phi) is 2.88. The molecule has 0 saturated heterocycles. The third kappa shape index (κ3) is 2.04. The third-order valence-electron chi connectivity index (χ3n) is 3.69. The van der Waals surface area contributed by atoms with Crippen LogP contribution in [0.4, 0.5) is 0 Å². The van der Waals surface area contributed by atoms with E-state index in [0.29, 0.717) is 6.04 Å². The number of rotatable bonds is 3. The Bertz CT molecular complexity index is 559. The maximum absolute atomic E-state index is 4.24. The highest BCUT2D eigenvalue weighted by Gasteiger charge is 2.22. The first kappa shape index (κ1) is 11.4. The van der Waals surface area contributed by atoms with Gasteiger partial charge in [0, 0.05) is 13.1 Å². The maximum Gasteiger partial charge on any atom is 0.140 e. The monoisotopic (exact) mass is 242 g/mol. The number of nitrogens with one attached hydrogen (secondary N) is 1. The molecule has 0 amide bonds. The van der Waals surface area contributed by atoms with Crippen LogP contribution in [0.5, 0.6) is 0 Å². The molecular weight excluding hydrogens is 224 g/mol. The van der Waals surface area contributed by atoms with Crippen molar-refractivity contribution in [1.29, 1.82) is 0 Å². The number of hydrogen-bond acceptors (Lipinski definition) is 3. The van der Waals surface area contributed by atoms with Gasteiger partial charge in [0.05, 0.1) is 6.54 Å². The molecule has 1 aromatic carbocycles. The van der Waals surface area contributed by atoms with Crippen LogP contribution < -0.4 is 5.32 Å². The molecule has 0 saturated carbocycles. The summed E-state index contributed by atoms with van der Waals surface area (Å²) in [6, 6.07) is 7.21. The van der Waals surface area contributed by atoms with Crippen LogP contribution in [0.15, 0.2) is 24.5 Å². The second-order valence-corrected chi connectivity index (χ2v) is 4.97. The minimum Gasteiger partial charge on any atom is -0.303 e. The van der Waals surface area contributed by atoms with Crippen LogP contribution in [0.2, 0.25) is 0 Å². The van der Waals surface area contributed by atoms with Crippen LogP contribution in [0.3, 0.4) is 0 Å². The smallest absolute Gasteiger partial charge is 0.140 e. The zero-order chi connectivity index (χ0) is 12.5. The Hall–Kier alpha value is -1.68. The molecule has 0 spiro atoms. The van der Waals surface area contributed by atoms with Gasteiger partial charge in [-0.05, 0) is 30.9 Å². The Morgan fingerprint density at radius 3 is 3.11 bits per heavy atom. The minimum absolute atomic E-state index is 0.455. The fourth-order valence-electron chi connectivity index (χ4n) is 2.63. The molecule has 1 aliphatic rings. The van der Waals surface area contributed by atoms with Crippen molar-refractivity contribution in [3.8, 4) is 0 Å². The summed E-state index contributed by atoms with van der Waals surface area (Å²) in [7, 11) is 1.93. The van der Waals surface area contributed by atoms with Gasteiger partial charge in [0.25, 0.3) is 0 Å². The number of aryl methyl sites for hydroxylation is 3. The molecule has 1 aromatic heterocycles. The summed E-state index contributed by atoms with van der Waals surface area (Å²) in [6.07, 6.45) is 3.95. The van der Waals surface area contributed by atoms with Crippen LogP contribution in [-0.4, -0.2) is 14.8 Å². The standard InChI is InChI=1S/C14H18N4/c1-10-3-4-11-5-6-13(12(11)7-10)15-8-14-16-9-17-18(14)2/h3-4,7,9,13,15H,5-6,8H2,1-2H3. The van der Waals surface area contributed by atoms with E-state index >= 15 is 0 Å². The quantitative estimate of drug-likeness (QED) is 0.894. The SMILES string of the molecule is Cc1ccc2c(c1)C(NCc1ncnn1C)CC2. The van der Waals surface area contributed by atoms with Crippen LogP contribution >= 0.6 is 0 Å². The third-order valence-corrected chi connectivity index (χ3v) is 3.69. The predicted molar refractivity (Wildman–Crippen MR) is 70.1 cm³/mol. The number of benzene rings is 1. The average Bonchev–Trinajstić information content (AvgIpc) is 2.93. The van der Waals surface area contributed by atoms with E-state index in [4.69, 9.17) is 0 Å². The molecular formula is C14H18N4. The molecule has 1 atom stereocenters. The van der Waals surface area contributed by atoms with Crippen LogP contribution in [-0.2, 0) is 20.0 Å². The Morgan fingerprint density at radius 2 is 2.33 bits per heavy atom. The summed E-state index contributed by atoms with van der Waals surface area (Å²) >= 11 is 0. The summed E-state index contributed by atoms with van der Waals surface area (Å²) < 4.78 is 1.82. The van der Waals surface area contributed by atoms with Gasteiger partial charge in [-0.3, -0.25) is 4.68 Å². The Labute approximate surface area is 107 Å². The van der Waals surface area contributed by atoms with E-state index in [1.807, 2.05) is 11.7 Å². The first-order valence-corrected chi connectivity index (χ1v) is 6.40. The maximum atomic E-state index is 4.24. The van der Waals surface area contributed by atoms with Gasteiger partial charge in [0.2, 0.25) is 0 Å². The highest BCUT2D eigenvalue weighted by atomic mass is 15.3. The second kappa shape index (κ2) is 4.53. The molecule has 1 heterocycles. The molecule has 1 unspecified atom stereocenters. The molecule has 0 aliphatic heterocycles. The molecule has 3 rings (SSSR count). The summed E-state index contributed by atoms with van der Waals surface area (Å²) in [4.78, 5) is 4.24.